The van der Waals surface area contributed by atoms with Crippen LogP contribution in [-0.4, -0.2) is 41.9 Å². The molecule has 0 saturated carbocycles. The van der Waals surface area contributed by atoms with Crippen LogP contribution < -0.4 is 5.32 Å². The second-order valence-electron chi connectivity index (χ2n) is 4.61. The van der Waals surface area contributed by atoms with Crippen molar-refractivity contribution in [3.8, 4) is 0 Å². The van der Waals surface area contributed by atoms with Crippen molar-refractivity contribution in [2.75, 3.05) is 26.2 Å². The average molecular weight is 275 g/mol. The van der Waals surface area contributed by atoms with E-state index in [9.17, 15) is 14.9 Å². The normalized spacial score (nSPS) is 16.1. The summed E-state index contributed by atoms with van der Waals surface area (Å²) in [7, 11) is 0. The molecule has 0 aromatic heterocycles. The fraction of sp³-hybridized carbons (Fsp3) is 0.357. The van der Waals surface area contributed by atoms with E-state index in [-0.39, 0.29) is 11.6 Å². The molecule has 1 saturated heterocycles. The van der Waals surface area contributed by atoms with Crippen LogP contribution in [0.4, 0.5) is 5.69 Å². The van der Waals surface area contributed by atoms with E-state index in [0.717, 1.165) is 31.6 Å². The summed E-state index contributed by atoms with van der Waals surface area (Å²) in [6.45, 7) is 3.23. The Morgan fingerprint density at radius 3 is 2.70 bits per heavy atom. The van der Waals surface area contributed by atoms with E-state index >= 15 is 0 Å². The van der Waals surface area contributed by atoms with Crippen LogP contribution in [0.3, 0.4) is 0 Å². The molecule has 0 atom stereocenters. The fourth-order valence-electron chi connectivity index (χ4n) is 2.05. The molecule has 0 unspecified atom stereocenters. The van der Waals surface area contributed by atoms with Crippen molar-refractivity contribution >= 4 is 17.7 Å². The summed E-state index contributed by atoms with van der Waals surface area (Å²) in [4.78, 5) is 23.9. The fourth-order valence-corrected chi connectivity index (χ4v) is 2.05. The first-order valence-electron chi connectivity index (χ1n) is 6.59. The molecule has 1 aromatic rings. The summed E-state index contributed by atoms with van der Waals surface area (Å²) in [6, 6.07) is 6.12. The number of carbonyl (C=O) groups is 1. The monoisotopic (exact) mass is 275 g/mol. The van der Waals surface area contributed by atoms with Gasteiger partial charge in [0.15, 0.2) is 0 Å². The highest BCUT2D eigenvalue weighted by molar-refractivity contribution is 5.91. The number of amides is 1. The summed E-state index contributed by atoms with van der Waals surface area (Å²) in [5.74, 6) is -0.0212. The maximum absolute atomic E-state index is 12.0. The van der Waals surface area contributed by atoms with Crippen molar-refractivity contribution in [2.24, 2.45) is 0 Å². The van der Waals surface area contributed by atoms with Gasteiger partial charge in [0.25, 0.3) is 5.69 Å². The van der Waals surface area contributed by atoms with E-state index in [1.165, 1.54) is 18.2 Å². The molecule has 1 amide bonds. The lowest BCUT2D eigenvalue weighted by molar-refractivity contribution is -0.384. The highest BCUT2D eigenvalue weighted by Crippen LogP contribution is 2.13. The molecule has 0 radical (unpaired) electrons. The first-order valence-corrected chi connectivity index (χ1v) is 6.59. The van der Waals surface area contributed by atoms with E-state index < -0.39 is 4.92 Å². The second kappa shape index (κ2) is 6.81. The molecule has 1 aromatic carbocycles. The Balaban J connectivity index is 1.97. The summed E-state index contributed by atoms with van der Waals surface area (Å²) in [5, 5.41) is 13.8. The Hall–Kier alpha value is -2.21. The van der Waals surface area contributed by atoms with Gasteiger partial charge in [0, 0.05) is 37.8 Å². The van der Waals surface area contributed by atoms with Gasteiger partial charge < -0.3 is 10.2 Å². The van der Waals surface area contributed by atoms with Crippen LogP contribution in [0.1, 0.15) is 12.0 Å². The number of rotatable bonds is 3. The van der Waals surface area contributed by atoms with Crippen LogP contribution in [0.2, 0.25) is 0 Å². The van der Waals surface area contributed by atoms with Gasteiger partial charge in [-0.2, -0.15) is 0 Å². The Labute approximate surface area is 117 Å². The van der Waals surface area contributed by atoms with E-state index in [2.05, 4.69) is 5.32 Å². The van der Waals surface area contributed by atoms with Crippen LogP contribution >= 0.6 is 0 Å². The van der Waals surface area contributed by atoms with E-state index in [1.54, 1.807) is 18.2 Å². The number of non-ortho nitro benzene ring substituents is 1. The van der Waals surface area contributed by atoms with Crippen molar-refractivity contribution in [1.82, 2.24) is 10.2 Å². The molecular weight excluding hydrogens is 258 g/mol. The highest BCUT2D eigenvalue weighted by Gasteiger charge is 2.12. The number of nitrogens with zero attached hydrogens (tertiary/aromatic N) is 2. The zero-order chi connectivity index (χ0) is 14.4. The third kappa shape index (κ3) is 3.89. The molecule has 1 aliphatic heterocycles. The maximum Gasteiger partial charge on any atom is 0.269 e. The van der Waals surface area contributed by atoms with Crippen LogP contribution in [0, 0.1) is 10.1 Å². The largest absolute Gasteiger partial charge is 0.338 e. The highest BCUT2D eigenvalue weighted by atomic mass is 16.6. The molecule has 2 rings (SSSR count). The van der Waals surface area contributed by atoms with Crippen molar-refractivity contribution < 1.29 is 9.72 Å². The number of hydrogen-bond acceptors (Lipinski definition) is 4. The maximum atomic E-state index is 12.0. The van der Waals surface area contributed by atoms with Crippen molar-refractivity contribution in [3.05, 3.63) is 46.0 Å². The summed E-state index contributed by atoms with van der Waals surface area (Å²) in [5.41, 5.74) is 0.823. The van der Waals surface area contributed by atoms with Gasteiger partial charge in [-0.25, -0.2) is 0 Å². The van der Waals surface area contributed by atoms with Gasteiger partial charge in [-0.3, -0.25) is 14.9 Å². The smallest absolute Gasteiger partial charge is 0.269 e. The van der Waals surface area contributed by atoms with Gasteiger partial charge in [-0.15, -0.1) is 0 Å². The van der Waals surface area contributed by atoms with Crippen LogP contribution in [-0.2, 0) is 4.79 Å². The van der Waals surface area contributed by atoms with Crippen molar-refractivity contribution in [2.45, 2.75) is 6.42 Å². The summed E-state index contributed by atoms with van der Waals surface area (Å²) in [6.07, 6.45) is 4.16. The molecule has 1 fully saturated rings. The van der Waals surface area contributed by atoms with Crippen molar-refractivity contribution in [1.29, 1.82) is 0 Å². The van der Waals surface area contributed by atoms with Gasteiger partial charge in [0.2, 0.25) is 5.91 Å². The number of nitrogens with one attached hydrogen (secondary N) is 1. The van der Waals surface area contributed by atoms with Gasteiger partial charge in [-0.1, -0.05) is 0 Å². The minimum Gasteiger partial charge on any atom is -0.338 e. The first-order chi connectivity index (χ1) is 9.66. The molecule has 1 heterocycles. The number of hydrogen-bond donors (Lipinski definition) is 1. The van der Waals surface area contributed by atoms with Crippen LogP contribution in [0.15, 0.2) is 30.3 Å². The number of nitro benzene ring substituents is 1. The molecule has 0 bridgehead atoms. The SMILES string of the molecule is O=C(/C=C/c1ccc([N+](=O)[O-])cc1)N1CCCNCC1. The second-order valence-corrected chi connectivity index (χ2v) is 4.61. The minimum absolute atomic E-state index is 0.0212. The van der Waals surface area contributed by atoms with E-state index in [0.29, 0.717) is 6.54 Å². The Bertz CT molecular complexity index is 503. The van der Waals surface area contributed by atoms with Gasteiger partial charge >= 0.3 is 0 Å². The molecule has 1 N–H and O–H groups in total. The predicted octanol–water partition coefficient (Wildman–Crippen LogP) is 1.43. The third-order valence-electron chi connectivity index (χ3n) is 3.17. The first kappa shape index (κ1) is 14.2. The van der Waals surface area contributed by atoms with Crippen LogP contribution in [0.25, 0.3) is 6.08 Å². The lowest BCUT2D eigenvalue weighted by Gasteiger charge is -2.17. The quantitative estimate of drug-likeness (QED) is 0.514. The molecule has 6 heteroatoms. The minimum atomic E-state index is -0.442. The Kier molecular flexibility index (Phi) is 4.84. The molecule has 0 spiro atoms. The van der Waals surface area contributed by atoms with E-state index in [4.69, 9.17) is 0 Å². The lowest BCUT2D eigenvalue weighted by Crippen LogP contribution is -2.32. The van der Waals surface area contributed by atoms with Crippen LogP contribution in [0.5, 0.6) is 0 Å². The summed E-state index contributed by atoms with van der Waals surface area (Å²) < 4.78 is 0. The van der Waals surface area contributed by atoms with Gasteiger partial charge in [0.1, 0.15) is 0 Å². The molecule has 1 aliphatic rings. The zero-order valence-electron chi connectivity index (χ0n) is 11.1. The van der Waals surface area contributed by atoms with Gasteiger partial charge in [0.05, 0.1) is 4.92 Å². The average Bonchev–Trinajstić information content (AvgIpc) is 2.74. The van der Waals surface area contributed by atoms with Crippen molar-refractivity contribution in [3.63, 3.8) is 0 Å². The molecule has 106 valence electrons. The summed E-state index contributed by atoms with van der Waals surface area (Å²) >= 11 is 0. The van der Waals surface area contributed by atoms with E-state index in [1.807, 2.05) is 4.90 Å². The Morgan fingerprint density at radius 2 is 2.00 bits per heavy atom. The standard InChI is InChI=1S/C14H17N3O3/c18-14(16-10-1-8-15-9-11-16)7-4-12-2-5-13(6-3-12)17(19)20/h2-7,15H,1,8-11H2/b7-4+. The number of carbonyl (C=O) groups excluding carboxylic acids is 1. The molecule has 6 nitrogen and oxygen atoms in total. The molecule has 0 aliphatic carbocycles. The topological polar surface area (TPSA) is 75.5 Å². The third-order valence-corrected chi connectivity index (χ3v) is 3.17. The number of benzene rings is 1. The predicted molar refractivity (Wildman–Crippen MR) is 76.2 cm³/mol. The Morgan fingerprint density at radius 1 is 1.25 bits per heavy atom. The molecular formula is C14H17N3O3. The lowest BCUT2D eigenvalue weighted by atomic mass is 10.2. The zero-order valence-corrected chi connectivity index (χ0v) is 11.1. The number of nitro groups is 1. The van der Waals surface area contributed by atoms with Gasteiger partial charge in [-0.05, 0) is 36.7 Å². The molecule has 20 heavy (non-hydrogen) atoms.